The number of ether oxygens (including phenoxy) is 2. The molecular weight excluding hydrogens is 360 g/mol. The van der Waals surface area contributed by atoms with Crippen LogP contribution in [-0.2, 0) is 9.47 Å². The van der Waals surface area contributed by atoms with Crippen molar-refractivity contribution in [2.75, 3.05) is 67.8 Å². The Morgan fingerprint density at radius 3 is 2.36 bits per heavy atom. The molecule has 0 aliphatic carbocycles. The molecule has 0 amide bonds. The molecule has 1 aromatic carbocycles. The molecule has 0 atom stereocenters. The normalized spacial score (nSPS) is 17.9. The van der Waals surface area contributed by atoms with Gasteiger partial charge in [0.1, 0.15) is 11.6 Å². The lowest BCUT2D eigenvalue weighted by molar-refractivity contribution is 0.121. The Balaban J connectivity index is 1.56. The Morgan fingerprint density at radius 1 is 0.964 bits per heavy atom. The van der Waals surface area contributed by atoms with E-state index in [0.717, 1.165) is 32.0 Å². The third kappa shape index (κ3) is 4.49. The molecule has 2 fully saturated rings. The minimum Gasteiger partial charge on any atom is -0.507 e. The second kappa shape index (κ2) is 8.85. The van der Waals surface area contributed by atoms with Crippen molar-refractivity contribution in [1.29, 1.82) is 0 Å². The van der Waals surface area contributed by atoms with Gasteiger partial charge in [0, 0.05) is 37.8 Å². The van der Waals surface area contributed by atoms with Crippen LogP contribution < -0.4 is 15.2 Å². The van der Waals surface area contributed by atoms with Crippen molar-refractivity contribution < 1.29 is 14.6 Å². The highest BCUT2D eigenvalue weighted by atomic mass is 16.5. The lowest BCUT2D eigenvalue weighted by atomic mass is 10.2. The fourth-order valence-corrected chi connectivity index (χ4v) is 3.10. The Kier molecular flexibility index (Phi) is 5.83. The van der Waals surface area contributed by atoms with E-state index in [0.29, 0.717) is 43.8 Å². The van der Waals surface area contributed by atoms with E-state index in [2.05, 4.69) is 25.3 Å². The highest BCUT2D eigenvalue weighted by Gasteiger charge is 2.19. The van der Waals surface area contributed by atoms with Gasteiger partial charge >= 0.3 is 0 Å². The van der Waals surface area contributed by atoms with Gasteiger partial charge in [0.15, 0.2) is 5.82 Å². The van der Waals surface area contributed by atoms with Crippen LogP contribution in [0.3, 0.4) is 0 Å². The first-order valence-electron chi connectivity index (χ1n) is 9.41. The number of aromatic nitrogens is 2. The maximum absolute atomic E-state index is 9.85. The van der Waals surface area contributed by atoms with Gasteiger partial charge in [-0.2, -0.15) is 15.1 Å². The number of hydrogen-bond donors (Lipinski definition) is 2. The number of rotatable bonds is 5. The van der Waals surface area contributed by atoms with E-state index >= 15 is 0 Å². The maximum atomic E-state index is 9.85. The van der Waals surface area contributed by atoms with E-state index in [4.69, 9.17) is 14.5 Å². The van der Waals surface area contributed by atoms with Crippen LogP contribution in [0, 0.1) is 0 Å². The van der Waals surface area contributed by atoms with Crippen LogP contribution in [0.15, 0.2) is 35.4 Å². The molecule has 0 radical (unpaired) electrons. The summed E-state index contributed by atoms with van der Waals surface area (Å²) in [5.74, 6) is 2.29. The van der Waals surface area contributed by atoms with Crippen LogP contribution in [0.5, 0.6) is 5.75 Å². The van der Waals surface area contributed by atoms with Crippen molar-refractivity contribution in [3.05, 3.63) is 35.9 Å². The van der Waals surface area contributed by atoms with E-state index in [1.807, 2.05) is 12.1 Å². The van der Waals surface area contributed by atoms with Crippen LogP contribution >= 0.6 is 0 Å². The van der Waals surface area contributed by atoms with Crippen LogP contribution in [0.4, 0.5) is 17.6 Å². The van der Waals surface area contributed by atoms with E-state index in [9.17, 15) is 5.11 Å². The summed E-state index contributed by atoms with van der Waals surface area (Å²) in [6.45, 7) is 5.80. The molecule has 9 nitrogen and oxygen atoms in total. The van der Waals surface area contributed by atoms with Gasteiger partial charge < -0.3 is 24.4 Å². The van der Waals surface area contributed by atoms with Crippen LogP contribution in [0.1, 0.15) is 5.56 Å². The van der Waals surface area contributed by atoms with Crippen molar-refractivity contribution in [2.24, 2.45) is 5.10 Å². The summed E-state index contributed by atoms with van der Waals surface area (Å²) in [4.78, 5) is 13.7. The number of aromatic hydroxyl groups is 1. The number of benzene rings is 1. The fraction of sp³-hybridized carbons (Fsp3) is 0.421. The number of para-hydroxylation sites is 1. The summed E-state index contributed by atoms with van der Waals surface area (Å²) in [6.07, 6.45) is 1.57. The molecule has 0 spiro atoms. The van der Waals surface area contributed by atoms with Gasteiger partial charge in [0.2, 0.25) is 5.95 Å². The summed E-state index contributed by atoms with van der Waals surface area (Å²) in [5, 5.41) is 14.1. The molecular formula is C19H24N6O3. The van der Waals surface area contributed by atoms with Gasteiger partial charge in [0.25, 0.3) is 0 Å². The molecule has 28 heavy (non-hydrogen) atoms. The Labute approximate surface area is 163 Å². The molecule has 3 heterocycles. The zero-order chi connectivity index (χ0) is 19.2. The van der Waals surface area contributed by atoms with E-state index in [1.165, 1.54) is 0 Å². The van der Waals surface area contributed by atoms with Gasteiger partial charge in [-0.1, -0.05) is 12.1 Å². The van der Waals surface area contributed by atoms with E-state index < -0.39 is 0 Å². The van der Waals surface area contributed by atoms with Crippen molar-refractivity contribution in [1.82, 2.24) is 9.97 Å². The van der Waals surface area contributed by atoms with E-state index in [-0.39, 0.29) is 5.75 Å². The molecule has 1 aromatic heterocycles. The number of nitrogens with zero attached hydrogens (tertiary/aromatic N) is 5. The smallest absolute Gasteiger partial charge is 0.229 e. The van der Waals surface area contributed by atoms with Gasteiger partial charge in [-0.3, -0.25) is 5.43 Å². The highest BCUT2D eigenvalue weighted by Crippen LogP contribution is 2.22. The van der Waals surface area contributed by atoms with Gasteiger partial charge in [0.05, 0.1) is 32.6 Å². The summed E-state index contributed by atoms with van der Waals surface area (Å²) < 4.78 is 10.9. The monoisotopic (exact) mass is 384 g/mol. The molecule has 2 N–H and O–H groups in total. The third-order valence-corrected chi connectivity index (χ3v) is 4.65. The van der Waals surface area contributed by atoms with Crippen molar-refractivity contribution in [2.45, 2.75) is 0 Å². The predicted molar refractivity (Wildman–Crippen MR) is 107 cm³/mol. The second-order valence-corrected chi connectivity index (χ2v) is 6.54. The summed E-state index contributed by atoms with van der Waals surface area (Å²) in [6, 6.07) is 8.92. The lowest BCUT2D eigenvalue weighted by Crippen LogP contribution is -2.39. The predicted octanol–water partition coefficient (Wildman–Crippen LogP) is 1.30. The van der Waals surface area contributed by atoms with Gasteiger partial charge in [-0.05, 0) is 12.1 Å². The Bertz CT molecular complexity index is 783. The zero-order valence-electron chi connectivity index (χ0n) is 15.6. The third-order valence-electron chi connectivity index (χ3n) is 4.65. The van der Waals surface area contributed by atoms with Crippen molar-refractivity contribution in [3.8, 4) is 5.75 Å². The summed E-state index contributed by atoms with van der Waals surface area (Å²) in [5.41, 5.74) is 3.60. The fourth-order valence-electron chi connectivity index (χ4n) is 3.10. The quantitative estimate of drug-likeness (QED) is 0.588. The first-order chi connectivity index (χ1) is 13.8. The second-order valence-electron chi connectivity index (χ2n) is 6.54. The number of anilines is 3. The molecule has 0 unspecified atom stereocenters. The SMILES string of the molecule is Oc1ccccc1C=NNc1cc(N2CCOCC2)nc(N2CCOCC2)n1. The maximum Gasteiger partial charge on any atom is 0.229 e. The number of nitrogens with one attached hydrogen (secondary N) is 1. The van der Waals surface area contributed by atoms with Crippen molar-refractivity contribution in [3.63, 3.8) is 0 Å². The largest absolute Gasteiger partial charge is 0.507 e. The zero-order valence-corrected chi connectivity index (χ0v) is 15.6. The molecule has 2 aliphatic rings. The van der Waals surface area contributed by atoms with Crippen molar-refractivity contribution >= 4 is 23.8 Å². The summed E-state index contributed by atoms with van der Waals surface area (Å²) >= 11 is 0. The summed E-state index contributed by atoms with van der Waals surface area (Å²) in [7, 11) is 0. The first-order valence-corrected chi connectivity index (χ1v) is 9.41. The molecule has 2 aromatic rings. The molecule has 4 rings (SSSR count). The highest BCUT2D eigenvalue weighted by molar-refractivity contribution is 5.83. The number of phenolic OH excluding ortho intramolecular Hbond substituents is 1. The van der Waals surface area contributed by atoms with Crippen LogP contribution in [-0.4, -0.2) is 73.9 Å². The molecule has 2 aliphatic heterocycles. The molecule has 9 heteroatoms. The molecule has 0 saturated carbocycles. The van der Waals surface area contributed by atoms with Gasteiger partial charge in [-0.15, -0.1) is 0 Å². The lowest BCUT2D eigenvalue weighted by Gasteiger charge is -2.31. The minimum absolute atomic E-state index is 0.179. The average Bonchev–Trinajstić information content (AvgIpc) is 2.76. The molecule has 148 valence electrons. The van der Waals surface area contributed by atoms with Gasteiger partial charge in [-0.25, -0.2) is 0 Å². The number of phenols is 1. The number of hydrogen-bond acceptors (Lipinski definition) is 9. The Hall–Kier alpha value is -2.91. The van der Waals surface area contributed by atoms with Crippen LogP contribution in [0.2, 0.25) is 0 Å². The average molecular weight is 384 g/mol. The Morgan fingerprint density at radius 2 is 1.64 bits per heavy atom. The molecule has 2 saturated heterocycles. The molecule has 0 bridgehead atoms. The topological polar surface area (TPSA) is 95.3 Å². The van der Waals surface area contributed by atoms with Crippen LogP contribution in [0.25, 0.3) is 0 Å². The first kappa shape index (κ1) is 18.5. The standard InChI is InChI=1S/C19H24N6O3/c26-16-4-2-1-3-15(16)14-20-23-17-13-18(24-5-9-27-10-6-24)22-19(21-17)25-7-11-28-12-8-25/h1-4,13-14,26H,5-12H2,(H,21,22,23). The minimum atomic E-state index is 0.179. The number of morpholine rings is 2. The number of hydrazone groups is 1. The van der Waals surface area contributed by atoms with E-state index in [1.54, 1.807) is 24.4 Å².